The summed E-state index contributed by atoms with van der Waals surface area (Å²) in [6, 6.07) is 23.3. The smallest absolute Gasteiger partial charge is 0.268 e. The molecule has 4 aromatic rings. The van der Waals surface area contributed by atoms with Gasteiger partial charge in [0.1, 0.15) is 12.4 Å². The maximum absolute atomic E-state index is 13.2. The monoisotopic (exact) mass is 654 g/mol. The van der Waals surface area contributed by atoms with Crippen LogP contribution in [0.25, 0.3) is 0 Å². The van der Waals surface area contributed by atoms with Gasteiger partial charge in [0.25, 0.3) is 15.9 Å². The van der Waals surface area contributed by atoms with Crippen LogP contribution in [0.4, 0.5) is 5.95 Å². The van der Waals surface area contributed by atoms with Crippen molar-refractivity contribution in [3.05, 3.63) is 111 Å². The zero-order valence-corrected chi connectivity index (χ0v) is 25.2. The molecule has 3 aromatic carbocycles. The zero-order chi connectivity index (χ0) is 28.8. The van der Waals surface area contributed by atoms with E-state index in [1.807, 2.05) is 6.07 Å². The molecule has 0 aliphatic carbocycles. The first kappa shape index (κ1) is 29.0. The SMILES string of the molecule is O=C(NS(=O)(=O)c1ccc(Br)cc1)c1cnc(N2CCC(Cc3ccccc3)CC2)nc1COc1ccc(Cl)cc1. The molecule has 0 radical (unpaired) electrons. The largest absolute Gasteiger partial charge is 0.487 e. The number of hydrogen-bond acceptors (Lipinski definition) is 7. The fourth-order valence-corrected chi connectivity index (χ4v) is 6.03. The molecule has 1 aliphatic rings. The molecule has 41 heavy (non-hydrogen) atoms. The van der Waals surface area contributed by atoms with Gasteiger partial charge in [-0.3, -0.25) is 4.79 Å². The van der Waals surface area contributed by atoms with E-state index >= 15 is 0 Å². The summed E-state index contributed by atoms with van der Waals surface area (Å²) in [5.74, 6) is 0.737. The van der Waals surface area contributed by atoms with Gasteiger partial charge in [-0.1, -0.05) is 57.9 Å². The Morgan fingerprint density at radius 3 is 2.37 bits per heavy atom. The highest BCUT2D eigenvalue weighted by atomic mass is 79.9. The minimum atomic E-state index is -4.12. The van der Waals surface area contributed by atoms with Crippen LogP contribution in [0.2, 0.25) is 5.02 Å². The van der Waals surface area contributed by atoms with E-state index < -0.39 is 15.9 Å². The highest BCUT2D eigenvalue weighted by Crippen LogP contribution is 2.25. The van der Waals surface area contributed by atoms with Gasteiger partial charge in [0.15, 0.2) is 0 Å². The van der Waals surface area contributed by atoms with Crippen molar-refractivity contribution in [2.45, 2.75) is 30.8 Å². The summed E-state index contributed by atoms with van der Waals surface area (Å²) in [6.07, 6.45) is 4.37. The quantitative estimate of drug-likeness (QED) is 0.234. The summed E-state index contributed by atoms with van der Waals surface area (Å²) in [7, 11) is -4.12. The van der Waals surface area contributed by atoms with Crippen LogP contribution in [0.3, 0.4) is 0 Å². The predicted octanol–water partition coefficient (Wildman–Crippen LogP) is 6.05. The van der Waals surface area contributed by atoms with Crippen molar-refractivity contribution in [1.29, 1.82) is 0 Å². The summed E-state index contributed by atoms with van der Waals surface area (Å²) < 4.78 is 34.5. The third-order valence-electron chi connectivity index (χ3n) is 6.90. The third kappa shape index (κ3) is 7.63. The Kier molecular flexibility index (Phi) is 9.22. The number of sulfonamides is 1. The normalized spacial score (nSPS) is 14.0. The first-order valence-electron chi connectivity index (χ1n) is 13.1. The Bertz CT molecular complexity index is 1600. The first-order valence-corrected chi connectivity index (χ1v) is 15.8. The zero-order valence-electron chi connectivity index (χ0n) is 22.0. The molecule has 2 heterocycles. The summed E-state index contributed by atoms with van der Waals surface area (Å²) in [5.41, 5.74) is 1.62. The van der Waals surface area contributed by atoms with Gasteiger partial charge in [0.2, 0.25) is 5.95 Å². The number of nitrogens with zero attached hydrogens (tertiary/aromatic N) is 3. The number of halogens is 2. The minimum Gasteiger partial charge on any atom is -0.487 e. The molecule has 1 N–H and O–H groups in total. The molecule has 0 bridgehead atoms. The summed E-state index contributed by atoms with van der Waals surface area (Å²) >= 11 is 9.27. The van der Waals surface area contributed by atoms with Crippen LogP contribution < -0.4 is 14.4 Å². The molecular weight excluding hydrogens is 628 g/mol. The molecule has 1 fully saturated rings. The highest BCUT2D eigenvalue weighted by molar-refractivity contribution is 9.10. The van der Waals surface area contributed by atoms with Crippen LogP contribution in [-0.2, 0) is 23.1 Å². The maximum atomic E-state index is 13.2. The van der Waals surface area contributed by atoms with Gasteiger partial charge >= 0.3 is 0 Å². The molecule has 11 heteroatoms. The molecule has 0 saturated carbocycles. The van der Waals surface area contributed by atoms with Crippen molar-refractivity contribution < 1.29 is 17.9 Å². The topological polar surface area (TPSA) is 101 Å². The van der Waals surface area contributed by atoms with E-state index in [0.717, 1.165) is 36.8 Å². The van der Waals surface area contributed by atoms with Crippen molar-refractivity contribution in [2.75, 3.05) is 18.0 Å². The second-order valence-electron chi connectivity index (χ2n) is 9.78. The summed E-state index contributed by atoms with van der Waals surface area (Å²) in [6.45, 7) is 1.49. The van der Waals surface area contributed by atoms with E-state index in [4.69, 9.17) is 16.3 Å². The van der Waals surface area contributed by atoms with Crippen LogP contribution in [0.15, 0.2) is 94.4 Å². The van der Waals surface area contributed by atoms with Crippen LogP contribution in [0.1, 0.15) is 34.5 Å². The molecule has 0 atom stereocenters. The van der Waals surface area contributed by atoms with E-state index in [2.05, 4.69) is 59.8 Å². The first-order chi connectivity index (χ1) is 19.8. The van der Waals surface area contributed by atoms with Crippen LogP contribution in [-0.4, -0.2) is 37.4 Å². The fourth-order valence-electron chi connectivity index (χ4n) is 4.68. The lowest BCUT2D eigenvalue weighted by atomic mass is 9.90. The highest BCUT2D eigenvalue weighted by Gasteiger charge is 2.25. The number of nitrogens with one attached hydrogen (secondary N) is 1. The molecule has 1 amide bonds. The Morgan fingerprint density at radius 1 is 1.00 bits per heavy atom. The maximum Gasteiger partial charge on any atom is 0.268 e. The molecule has 1 aliphatic heterocycles. The van der Waals surface area contributed by atoms with E-state index in [-0.39, 0.29) is 22.8 Å². The van der Waals surface area contributed by atoms with Gasteiger partial charge in [-0.2, -0.15) is 0 Å². The van der Waals surface area contributed by atoms with Gasteiger partial charge in [-0.15, -0.1) is 0 Å². The van der Waals surface area contributed by atoms with Crippen LogP contribution in [0.5, 0.6) is 5.75 Å². The van der Waals surface area contributed by atoms with Gasteiger partial charge in [0.05, 0.1) is 16.2 Å². The molecule has 0 spiro atoms. The number of anilines is 1. The molecular formula is C30H28BrClN4O4S. The number of hydrogen-bond donors (Lipinski definition) is 1. The number of ether oxygens (including phenoxy) is 1. The number of carbonyl (C=O) groups is 1. The van der Waals surface area contributed by atoms with Crippen molar-refractivity contribution in [2.24, 2.45) is 5.92 Å². The Morgan fingerprint density at radius 2 is 1.68 bits per heavy atom. The lowest BCUT2D eigenvalue weighted by molar-refractivity contribution is 0.0978. The standard InChI is InChI=1S/C30H28BrClN4O4S/c31-23-6-12-26(13-7-23)41(38,39)35-29(37)27-19-33-30(34-28(27)20-40-25-10-8-24(32)9-11-25)36-16-14-22(15-17-36)18-21-4-2-1-3-5-21/h1-13,19,22H,14-18,20H2,(H,35,37). The van der Waals surface area contributed by atoms with Crippen molar-refractivity contribution in [1.82, 2.24) is 14.7 Å². The number of rotatable bonds is 9. The fraction of sp³-hybridized carbons (Fsp3) is 0.233. The van der Waals surface area contributed by atoms with Gasteiger partial charge in [-0.05, 0) is 79.3 Å². The van der Waals surface area contributed by atoms with Crippen molar-refractivity contribution in [3.8, 4) is 5.75 Å². The lowest BCUT2D eigenvalue weighted by Crippen LogP contribution is -2.36. The molecule has 1 aromatic heterocycles. The van der Waals surface area contributed by atoms with Gasteiger partial charge < -0.3 is 9.64 Å². The van der Waals surface area contributed by atoms with Gasteiger partial charge in [0, 0.05) is 28.8 Å². The number of aromatic nitrogens is 2. The number of piperidine rings is 1. The number of benzene rings is 3. The molecule has 8 nitrogen and oxygen atoms in total. The van der Waals surface area contributed by atoms with Crippen molar-refractivity contribution in [3.63, 3.8) is 0 Å². The van der Waals surface area contributed by atoms with Crippen LogP contribution >= 0.6 is 27.5 Å². The molecule has 212 valence electrons. The lowest BCUT2D eigenvalue weighted by Gasteiger charge is -2.32. The second-order valence-corrected chi connectivity index (χ2v) is 12.8. The van der Waals surface area contributed by atoms with E-state index in [9.17, 15) is 13.2 Å². The Labute approximate surface area is 252 Å². The molecule has 1 saturated heterocycles. The minimum absolute atomic E-state index is 0.0161. The van der Waals surface area contributed by atoms with E-state index in [0.29, 0.717) is 22.6 Å². The Balaban J connectivity index is 1.34. The van der Waals surface area contributed by atoms with Crippen LogP contribution in [0, 0.1) is 5.92 Å². The summed E-state index contributed by atoms with van der Waals surface area (Å²) in [4.78, 5) is 24.4. The summed E-state index contributed by atoms with van der Waals surface area (Å²) in [5, 5.41) is 0.565. The number of amides is 1. The average Bonchev–Trinajstić information content (AvgIpc) is 2.98. The predicted molar refractivity (Wildman–Crippen MR) is 162 cm³/mol. The second kappa shape index (κ2) is 13.0. The van der Waals surface area contributed by atoms with Gasteiger partial charge in [-0.25, -0.2) is 23.1 Å². The molecule has 5 rings (SSSR count). The third-order valence-corrected chi connectivity index (χ3v) is 9.03. The average molecular weight is 656 g/mol. The van der Waals surface area contributed by atoms with E-state index in [1.54, 1.807) is 36.4 Å². The van der Waals surface area contributed by atoms with E-state index in [1.165, 1.54) is 23.9 Å². The molecule has 0 unspecified atom stereocenters. The number of carbonyl (C=O) groups excluding carboxylic acids is 1. The Hall–Kier alpha value is -3.47. The van der Waals surface area contributed by atoms with Crippen molar-refractivity contribution >= 4 is 49.4 Å².